The zero-order valence-electron chi connectivity index (χ0n) is 21.7. The molecule has 226 valence electrons. The third-order valence-electron chi connectivity index (χ3n) is 8.20. The number of sulfone groups is 1. The predicted molar refractivity (Wildman–Crippen MR) is 130 cm³/mol. The van der Waals surface area contributed by atoms with Crippen molar-refractivity contribution in [3.63, 3.8) is 0 Å². The monoisotopic (exact) mass is 613 g/mol. The molecular weight excluding hydrogens is 586 g/mol. The average Bonchev–Trinajstić information content (AvgIpc) is 3.34. The summed E-state index contributed by atoms with van der Waals surface area (Å²) in [7, 11) is -4.51. The molecule has 1 N–H and O–H groups in total. The first-order chi connectivity index (χ1) is 18.8. The lowest BCUT2D eigenvalue weighted by atomic mass is 9.89. The normalized spacial score (nSPS) is 24.0. The van der Waals surface area contributed by atoms with Gasteiger partial charge in [0.1, 0.15) is 10.6 Å². The van der Waals surface area contributed by atoms with Crippen LogP contribution in [0.4, 0.5) is 35.1 Å². The molecule has 1 aliphatic heterocycles. The highest BCUT2D eigenvalue weighted by Crippen LogP contribution is 2.55. The van der Waals surface area contributed by atoms with Crippen molar-refractivity contribution in [1.29, 1.82) is 0 Å². The van der Waals surface area contributed by atoms with Crippen LogP contribution in [-0.4, -0.2) is 55.4 Å². The number of benzene rings is 2. The molecule has 0 bridgehead atoms. The van der Waals surface area contributed by atoms with Gasteiger partial charge in [-0.25, -0.2) is 17.2 Å². The van der Waals surface area contributed by atoms with Crippen LogP contribution in [0.3, 0.4) is 0 Å². The number of piperidine rings is 1. The zero-order valence-corrected chi connectivity index (χ0v) is 22.5. The molecule has 14 heteroatoms. The Bertz CT molecular complexity index is 1360. The van der Waals surface area contributed by atoms with E-state index in [1.807, 2.05) is 0 Å². The van der Waals surface area contributed by atoms with Crippen molar-refractivity contribution in [2.45, 2.75) is 72.3 Å². The molecule has 1 aliphatic carbocycles. The Labute approximate surface area is 231 Å². The van der Waals surface area contributed by atoms with Gasteiger partial charge in [0.2, 0.25) is 5.91 Å². The number of aliphatic hydroxyl groups is 1. The maximum atomic E-state index is 14.6. The molecule has 2 aromatic rings. The number of alkyl halides is 7. The lowest BCUT2D eigenvalue weighted by Crippen LogP contribution is -2.50. The predicted octanol–water partition coefficient (Wildman–Crippen LogP) is 5.96. The second kappa shape index (κ2) is 10.2. The maximum absolute atomic E-state index is 14.6. The van der Waals surface area contributed by atoms with Crippen molar-refractivity contribution in [3.8, 4) is 0 Å². The molecule has 4 rings (SSSR count). The smallest absolute Gasteiger partial charge is 0.390 e. The number of rotatable bonds is 5. The lowest BCUT2D eigenvalue weighted by molar-refractivity contribution is -0.348. The summed E-state index contributed by atoms with van der Waals surface area (Å²) in [6, 6.07) is 5.61. The van der Waals surface area contributed by atoms with E-state index in [1.54, 1.807) is 6.92 Å². The van der Waals surface area contributed by atoms with Crippen LogP contribution >= 0.6 is 0 Å². The van der Waals surface area contributed by atoms with E-state index >= 15 is 0 Å². The minimum absolute atomic E-state index is 0.0199. The van der Waals surface area contributed by atoms with Gasteiger partial charge in [-0.05, 0) is 68.9 Å². The largest absolute Gasteiger partial charge is 0.435 e. The topological polar surface area (TPSA) is 74.7 Å². The van der Waals surface area contributed by atoms with Crippen LogP contribution in [0.1, 0.15) is 50.2 Å². The molecule has 41 heavy (non-hydrogen) atoms. The Morgan fingerprint density at radius 2 is 1.39 bits per heavy atom. The fourth-order valence-electron chi connectivity index (χ4n) is 5.68. The highest BCUT2D eigenvalue weighted by Gasteiger charge is 2.73. The van der Waals surface area contributed by atoms with Gasteiger partial charge in [0, 0.05) is 24.6 Å². The summed E-state index contributed by atoms with van der Waals surface area (Å²) in [6.45, 7) is 2.04. The summed E-state index contributed by atoms with van der Waals surface area (Å²) in [5.41, 5.74) is -8.68. The number of carbonyl (C=O) groups is 1. The van der Waals surface area contributed by atoms with Gasteiger partial charge in [-0.3, -0.25) is 4.79 Å². The van der Waals surface area contributed by atoms with E-state index in [2.05, 4.69) is 0 Å². The van der Waals surface area contributed by atoms with E-state index in [1.165, 1.54) is 4.90 Å². The number of nitrogens with zero attached hydrogens (tertiary/aromatic N) is 1. The Balaban J connectivity index is 1.77. The van der Waals surface area contributed by atoms with E-state index in [-0.39, 0.29) is 67.8 Å². The summed E-state index contributed by atoms with van der Waals surface area (Å²) < 4.78 is 134. The van der Waals surface area contributed by atoms with Crippen molar-refractivity contribution in [2.24, 2.45) is 5.92 Å². The van der Waals surface area contributed by atoms with Gasteiger partial charge >= 0.3 is 18.0 Å². The summed E-state index contributed by atoms with van der Waals surface area (Å²) in [5.74, 6) is -2.02. The third kappa shape index (κ3) is 5.33. The first-order valence-corrected chi connectivity index (χ1v) is 14.2. The first kappa shape index (κ1) is 31.2. The minimum atomic E-state index is -6.35. The van der Waals surface area contributed by atoms with Crippen LogP contribution in [0.15, 0.2) is 53.4 Å². The maximum Gasteiger partial charge on any atom is 0.435 e. The third-order valence-corrected chi connectivity index (χ3v) is 10.7. The molecule has 5 nitrogen and oxygen atoms in total. The van der Waals surface area contributed by atoms with Crippen molar-refractivity contribution in [3.05, 3.63) is 65.5 Å². The van der Waals surface area contributed by atoms with E-state index in [0.717, 1.165) is 24.3 Å². The van der Waals surface area contributed by atoms with Crippen molar-refractivity contribution >= 4 is 15.7 Å². The zero-order chi connectivity index (χ0) is 30.6. The molecule has 1 heterocycles. The van der Waals surface area contributed by atoms with Crippen molar-refractivity contribution < 1.29 is 53.4 Å². The van der Waals surface area contributed by atoms with Gasteiger partial charge in [-0.2, -0.15) is 26.3 Å². The standard InChI is InChI=1S/C27H27F8NO4S/c1-23(38)12-14-36(15-13-23)22(37)17-10-11-24(16-17,41(39,40)21-8-6-20(28)7-9-21)18-2-4-19(5-3-18)25(29,26(30,31)32)27(33,34)35/h2-9,17,38H,10-16H2,1H3. The molecule has 0 spiro atoms. The van der Waals surface area contributed by atoms with Crippen LogP contribution in [0.2, 0.25) is 0 Å². The van der Waals surface area contributed by atoms with Crippen LogP contribution in [-0.2, 0) is 25.0 Å². The van der Waals surface area contributed by atoms with E-state index in [4.69, 9.17) is 0 Å². The van der Waals surface area contributed by atoms with Gasteiger partial charge in [0.15, 0.2) is 9.84 Å². The Morgan fingerprint density at radius 3 is 1.88 bits per heavy atom. The fraction of sp³-hybridized carbons (Fsp3) is 0.519. The summed E-state index contributed by atoms with van der Waals surface area (Å²) >= 11 is 0. The highest BCUT2D eigenvalue weighted by molar-refractivity contribution is 7.92. The van der Waals surface area contributed by atoms with Crippen LogP contribution in [0.5, 0.6) is 0 Å². The number of hydrogen-bond acceptors (Lipinski definition) is 4. The Morgan fingerprint density at radius 1 is 0.878 bits per heavy atom. The molecule has 1 amide bonds. The molecule has 2 aliphatic rings. The SMILES string of the molecule is CC1(O)CCN(C(=O)C2CCC(c3ccc(C(F)(C(F)(F)F)C(F)(F)F)cc3)(S(=O)(=O)c3ccc(F)cc3)C2)CC1. The van der Waals surface area contributed by atoms with E-state index in [0.29, 0.717) is 12.1 Å². The summed E-state index contributed by atoms with van der Waals surface area (Å²) in [5, 5.41) is 10.2. The molecule has 2 fully saturated rings. The number of likely N-dealkylation sites (tertiary alicyclic amines) is 1. The molecular formula is C27H27F8NO4S. The first-order valence-electron chi connectivity index (χ1n) is 12.7. The van der Waals surface area contributed by atoms with Crippen LogP contribution in [0.25, 0.3) is 0 Å². The summed E-state index contributed by atoms with van der Waals surface area (Å²) in [4.78, 5) is 14.5. The van der Waals surface area contributed by atoms with Gasteiger partial charge in [0.05, 0.1) is 10.5 Å². The molecule has 2 unspecified atom stereocenters. The molecule has 0 radical (unpaired) electrons. The van der Waals surface area contributed by atoms with E-state index in [9.17, 15) is 53.4 Å². The molecule has 0 aromatic heterocycles. The number of hydrogen-bond donors (Lipinski definition) is 1. The molecule has 1 saturated carbocycles. The molecule has 2 atom stereocenters. The van der Waals surface area contributed by atoms with Gasteiger partial charge < -0.3 is 10.0 Å². The van der Waals surface area contributed by atoms with Gasteiger partial charge in [-0.1, -0.05) is 24.3 Å². The van der Waals surface area contributed by atoms with Gasteiger partial charge in [-0.15, -0.1) is 0 Å². The van der Waals surface area contributed by atoms with Crippen LogP contribution < -0.4 is 0 Å². The molecule has 1 saturated heterocycles. The lowest BCUT2D eigenvalue weighted by Gasteiger charge is -2.37. The van der Waals surface area contributed by atoms with Crippen LogP contribution in [0, 0.1) is 11.7 Å². The number of carbonyl (C=O) groups excluding carboxylic acids is 1. The molecule has 2 aromatic carbocycles. The quantitative estimate of drug-likeness (QED) is 0.334. The van der Waals surface area contributed by atoms with Crippen molar-refractivity contribution in [2.75, 3.05) is 13.1 Å². The Hall–Kier alpha value is -2.74. The number of halogens is 8. The fourth-order valence-corrected chi connectivity index (χ4v) is 7.88. The number of amides is 1. The van der Waals surface area contributed by atoms with E-state index < -0.39 is 61.4 Å². The second-order valence-electron chi connectivity index (χ2n) is 10.9. The van der Waals surface area contributed by atoms with Crippen molar-refractivity contribution in [1.82, 2.24) is 4.90 Å². The highest BCUT2D eigenvalue weighted by atomic mass is 32.2. The average molecular weight is 614 g/mol. The summed E-state index contributed by atoms with van der Waals surface area (Å²) in [6.07, 6.45) is -12.7. The minimum Gasteiger partial charge on any atom is -0.390 e. The second-order valence-corrected chi connectivity index (χ2v) is 13.2. The Kier molecular flexibility index (Phi) is 7.77. The van der Waals surface area contributed by atoms with Gasteiger partial charge in [0.25, 0.3) is 0 Å².